The summed E-state index contributed by atoms with van der Waals surface area (Å²) >= 11 is 1.58. The highest BCUT2D eigenvalue weighted by Crippen LogP contribution is 2.29. The summed E-state index contributed by atoms with van der Waals surface area (Å²) in [5.41, 5.74) is 6.72. The first-order valence-corrected chi connectivity index (χ1v) is 5.73. The van der Waals surface area contributed by atoms with Gasteiger partial charge in [-0.3, -0.25) is 9.80 Å². The number of benzene rings is 1. The molecule has 4 N–H and O–H groups in total. The molecule has 1 unspecified atom stereocenters. The molecule has 1 amide bonds. The zero-order valence-electron chi connectivity index (χ0n) is 8.88. The molecule has 1 aromatic heterocycles. The fourth-order valence-electron chi connectivity index (χ4n) is 1.59. The molecular weight excluding hydrogens is 222 g/mol. The van der Waals surface area contributed by atoms with E-state index < -0.39 is 6.04 Å². The lowest BCUT2D eigenvalue weighted by Gasteiger charge is -2.15. The molecule has 2 aromatic rings. The van der Waals surface area contributed by atoms with Crippen LogP contribution in [0.5, 0.6) is 0 Å². The number of carbonyl (C=O) groups is 1. The van der Waals surface area contributed by atoms with Crippen molar-refractivity contribution in [3.8, 4) is 0 Å². The number of thiophene rings is 1. The van der Waals surface area contributed by atoms with Crippen LogP contribution in [-0.2, 0) is 4.79 Å². The van der Waals surface area contributed by atoms with Crippen molar-refractivity contribution < 1.29 is 4.79 Å². The van der Waals surface area contributed by atoms with Crippen LogP contribution >= 0.6 is 11.3 Å². The van der Waals surface area contributed by atoms with Gasteiger partial charge < -0.3 is 5.73 Å². The molecule has 1 heterocycles. The van der Waals surface area contributed by atoms with Gasteiger partial charge in [-0.25, -0.2) is 5.84 Å². The van der Waals surface area contributed by atoms with Gasteiger partial charge in [0.15, 0.2) is 0 Å². The normalized spacial score (nSPS) is 12.7. The highest BCUT2D eigenvalue weighted by atomic mass is 32.1. The summed E-state index contributed by atoms with van der Waals surface area (Å²) in [4.78, 5) is 11.7. The number of fused-ring (bicyclic) bond motifs is 1. The summed E-state index contributed by atoms with van der Waals surface area (Å²) in [6.07, 6.45) is 0. The van der Waals surface area contributed by atoms with Gasteiger partial charge in [0.2, 0.25) is 0 Å². The monoisotopic (exact) mass is 235 g/mol. The van der Waals surface area contributed by atoms with Crippen molar-refractivity contribution >= 4 is 27.3 Å². The van der Waals surface area contributed by atoms with E-state index in [9.17, 15) is 4.79 Å². The predicted octanol–water partition coefficient (Wildman–Crippen LogP) is 1.23. The highest BCUT2D eigenvalue weighted by molar-refractivity contribution is 7.17. The van der Waals surface area contributed by atoms with Crippen LogP contribution in [0.1, 0.15) is 11.6 Å². The van der Waals surface area contributed by atoms with Crippen molar-refractivity contribution in [1.82, 2.24) is 5.01 Å². The fourth-order valence-corrected chi connectivity index (χ4v) is 2.59. The number of amides is 1. The number of hydrogen-bond acceptors (Lipinski definition) is 4. The molecule has 0 radical (unpaired) electrons. The Balaban J connectivity index is 2.44. The average Bonchev–Trinajstić information content (AvgIpc) is 2.70. The van der Waals surface area contributed by atoms with Crippen LogP contribution in [0, 0.1) is 0 Å². The van der Waals surface area contributed by atoms with E-state index in [4.69, 9.17) is 11.6 Å². The fraction of sp³-hybridized carbons (Fsp3) is 0.182. The van der Waals surface area contributed by atoms with Gasteiger partial charge in [0, 0.05) is 11.7 Å². The van der Waals surface area contributed by atoms with E-state index >= 15 is 0 Å². The van der Waals surface area contributed by atoms with Gasteiger partial charge in [-0.15, -0.1) is 11.3 Å². The Morgan fingerprint density at radius 2 is 2.12 bits per heavy atom. The Morgan fingerprint density at radius 3 is 2.81 bits per heavy atom. The highest BCUT2D eigenvalue weighted by Gasteiger charge is 2.20. The Bertz CT molecular complexity index is 521. The second-order valence-corrected chi connectivity index (χ2v) is 4.53. The summed E-state index contributed by atoms with van der Waals surface area (Å²) in [6.45, 7) is 0. The van der Waals surface area contributed by atoms with E-state index in [1.165, 1.54) is 7.05 Å². The second-order valence-electron chi connectivity index (χ2n) is 3.61. The molecule has 0 spiro atoms. The number of nitrogens with zero attached hydrogens (tertiary/aromatic N) is 1. The first kappa shape index (κ1) is 11.1. The molecule has 0 aliphatic heterocycles. The van der Waals surface area contributed by atoms with Crippen LogP contribution in [0.4, 0.5) is 0 Å². The molecule has 0 bridgehead atoms. The number of carbonyl (C=O) groups excluding carboxylic acids is 1. The third-order valence-corrected chi connectivity index (χ3v) is 3.44. The van der Waals surface area contributed by atoms with Crippen molar-refractivity contribution in [2.75, 3.05) is 7.05 Å². The molecule has 0 fully saturated rings. The van der Waals surface area contributed by atoms with Crippen LogP contribution in [0.25, 0.3) is 10.1 Å². The SMILES string of the molecule is CN(N)C(=O)C(N)c1csc2ccccc12. The van der Waals surface area contributed by atoms with Gasteiger partial charge >= 0.3 is 0 Å². The molecule has 16 heavy (non-hydrogen) atoms. The minimum Gasteiger partial charge on any atom is -0.316 e. The molecule has 0 aliphatic carbocycles. The molecule has 2 rings (SSSR count). The Hall–Kier alpha value is -1.43. The summed E-state index contributed by atoms with van der Waals surface area (Å²) in [6, 6.07) is 7.18. The molecule has 0 saturated carbocycles. The van der Waals surface area contributed by atoms with E-state index in [-0.39, 0.29) is 5.91 Å². The lowest BCUT2D eigenvalue weighted by molar-refractivity contribution is -0.131. The van der Waals surface area contributed by atoms with Gasteiger partial charge in [0.05, 0.1) is 0 Å². The van der Waals surface area contributed by atoms with Crippen molar-refractivity contribution in [3.05, 3.63) is 35.2 Å². The largest absolute Gasteiger partial charge is 0.316 e. The maximum absolute atomic E-state index is 11.7. The molecule has 5 heteroatoms. The van der Waals surface area contributed by atoms with Crippen LogP contribution in [0.2, 0.25) is 0 Å². The average molecular weight is 235 g/mol. The Morgan fingerprint density at radius 1 is 1.44 bits per heavy atom. The zero-order valence-corrected chi connectivity index (χ0v) is 9.70. The first-order valence-electron chi connectivity index (χ1n) is 4.85. The quantitative estimate of drug-likeness (QED) is 0.467. The maximum Gasteiger partial charge on any atom is 0.257 e. The number of hydrazine groups is 1. The number of rotatable bonds is 2. The van der Waals surface area contributed by atoms with E-state index in [2.05, 4.69) is 0 Å². The van der Waals surface area contributed by atoms with Gasteiger partial charge in [0.1, 0.15) is 6.04 Å². The number of likely N-dealkylation sites (N-methyl/N-ethyl adjacent to an activating group) is 1. The minimum atomic E-state index is -0.689. The van der Waals surface area contributed by atoms with Crippen molar-refractivity contribution in [2.24, 2.45) is 11.6 Å². The van der Waals surface area contributed by atoms with Crippen LogP contribution < -0.4 is 11.6 Å². The summed E-state index contributed by atoms with van der Waals surface area (Å²) in [5, 5.41) is 3.96. The van der Waals surface area contributed by atoms with E-state index in [1.54, 1.807) is 11.3 Å². The number of nitrogens with two attached hydrogens (primary N) is 2. The van der Waals surface area contributed by atoms with Crippen molar-refractivity contribution in [3.63, 3.8) is 0 Å². The van der Waals surface area contributed by atoms with Gasteiger partial charge in [-0.1, -0.05) is 18.2 Å². The molecule has 4 nitrogen and oxygen atoms in total. The molecular formula is C11H13N3OS. The van der Waals surface area contributed by atoms with Gasteiger partial charge in [-0.05, 0) is 22.4 Å². The lowest BCUT2D eigenvalue weighted by Crippen LogP contribution is -2.40. The molecule has 0 saturated heterocycles. The van der Waals surface area contributed by atoms with Crippen molar-refractivity contribution in [2.45, 2.75) is 6.04 Å². The zero-order chi connectivity index (χ0) is 11.7. The Labute approximate surface area is 97.4 Å². The third-order valence-electron chi connectivity index (χ3n) is 2.46. The molecule has 1 aromatic carbocycles. The summed E-state index contributed by atoms with van der Waals surface area (Å²) < 4.78 is 1.13. The predicted molar refractivity (Wildman–Crippen MR) is 65.7 cm³/mol. The van der Waals surface area contributed by atoms with E-state index in [1.807, 2.05) is 29.6 Å². The molecule has 84 valence electrons. The lowest BCUT2D eigenvalue weighted by atomic mass is 10.1. The second kappa shape index (κ2) is 4.21. The molecule has 0 aliphatic rings. The van der Waals surface area contributed by atoms with E-state index in [0.29, 0.717) is 0 Å². The standard InChI is InChI=1S/C11H13N3OS/c1-14(13)11(15)10(12)8-6-16-9-5-3-2-4-7(8)9/h2-6,10H,12-13H2,1H3. The smallest absolute Gasteiger partial charge is 0.257 e. The van der Waals surface area contributed by atoms with Gasteiger partial charge in [0.25, 0.3) is 5.91 Å². The van der Waals surface area contributed by atoms with Crippen LogP contribution in [0.15, 0.2) is 29.6 Å². The minimum absolute atomic E-state index is 0.288. The van der Waals surface area contributed by atoms with Crippen molar-refractivity contribution in [1.29, 1.82) is 0 Å². The summed E-state index contributed by atoms with van der Waals surface area (Å²) in [7, 11) is 1.50. The third kappa shape index (κ3) is 1.80. The topological polar surface area (TPSA) is 72.3 Å². The van der Waals surface area contributed by atoms with Crippen LogP contribution in [0.3, 0.4) is 0 Å². The van der Waals surface area contributed by atoms with Gasteiger partial charge in [-0.2, -0.15) is 0 Å². The van der Waals surface area contributed by atoms with E-state index in [0.717, 1.165) is 20.7 Å². The number of hydrogen-bond donors (Lipinski definition) is 2. The molecule has 1 atom stereocenters. The Kier molecular flexibility index (Phi) is 2.91. The summed E-state index contributed by atoms with van der Waals surface area (Å²) in [5.74, 6) is 5.11. The first-order chi connectivity index (χ1) is 7.61. The van der Waals surface area contributed by atoms with Crippen LogP contribution in [-0.4, -0.2) is 18.0 Å². The maximum atomic E-state index is 11.7.